The Balaban J connectivity index is 1.40. The lowest BCUT2D eigenvalue weighted by Crippen LogP contribution is -2.39. The molecule has 8 heteroatoms. The summed E-state index contributed by atoms with van der Waals surface area (Å²) in [4.78, 5) is 23.8. The van der Waals surface area contributed by atoms with Crippen molar-refractivity contribution in [1.82, 2.24) is 24.6 Å². The first kappa shape index (κ1) is 22.8. The van der Waals surface area contributed by atoms with Gasteiger partial charge in [0.1, 0.15) is 11.4 Å². The van der Waals surface area contributed by atoms with E-state index in [2.05, 4.69) is 17.2 Å². The standard InChI is InChI=1S/C27H29N5O3/c1-27(2,3)35-26(33)32-12-10-17(11-13-32)20-6-8-23-22(28-20)9-7-21(29-23)19-14-18-16-31(4)30-24(18)15-25(19)34-5/h6-10,14-16H,11-13H2,1-5H3. The summed E-state index contributed by atoms with van der Waals surface area (Å²) in [5.41, 5.74) is 5.78. The molecule has 1 aliphatic heterocycles. The van der Waals surface area contributed by atoms with Gasteiger partial charge in [-0.3, -0.25) is 4.68 Å². The minimum atomic E-state index is -0.499. The van der Waals surface area contributed by atoms with Crippen LogP contribution in [0.5, 0.6) is 5.75 Å². The number of fused-ring (bicyclic) bond motifs is 2. The quantitative estimate of drug-likeness (QED) is 0.408. The van der Waals surface area contributed by atoms with Crippen LogP contribution in [-0.4, -0.2) is 56.5 Å². The molecule has 0 fully saturated rings. The predicted octanol–water partition coefficient (Wildman–Crippen LogP) is 5.22. The van der Waals surface area contributed by atoms with E-state index in [0.29, 0.717) is 13.1 Å². The Labute approximate surface area is 204 Å². The zero-order chi connectivity index (χ0) is 24.7. The Morgan fingerprint density at radius 3 is 2.37 bits per heavy atom. The highest BCUT2D eigenvalue weighted by atomic mass is 16.6. The summed E-state index contributed by atoms with van der Waals surface area (Å²) in [6, 6.07) is 11.9. The Morgan fingerprint density at radius 1 is 1.00 bits per heavy atom. The Morgan fingerprint density at radius 2 is 1.71 bits per heavy atom. The molecule has 8 nitrogen and oxygen atoms in total. The number of pyridine rings is 2. The van der Waals surface area contributed by atoms with E-state index in [-0.39, 0.29) is 6.09 Å². The van der Waals surface area contributed by atoms with Crippen molar-refractivity contribution in [3.8, 4) is 17.0 Å². The van der Waals surface area contributed by atoms with E-state index in [1.165, 1.54) is 0 Å². The first-order chi connectivity index (χ1) is 16.7. The maximum atomic E-state index is 12.3. The van der Waals surface area contributed by atoms with Crippen molar-refractivity contribution in [1.29, 1.82) is 0 Å². The van der Waals surface area contributed by atoms with Crippen LogP contribution in [0, 0.1) is 0 Å². The lowest BCUT2D eigenvalue weighted by Gasteiger charge is -2.29. The molecule has 0 atom stereocenters. The molecule has 0 unspecified atom stereocenters. The number of carbonyl (C=O) groups is 1. The third kappa shape index (κ3) is 4.69. The summed E-state index contributed by atoms with van der Waals surface area (Å²) in [6.07, 6.45) is 4.48. The lowest BCUT2D eigenvalue weighted by molar-refractivity contribution is 0.0270. The van der Waals surface area contributed by atoms with Crippen molar-refractivity contribution in [2.24, 2.45) is 7.05 Å². The number of hydrogen-bond acceptors (Lipinski definition) is 6. The van der Waals surface area contributed by atoms with Gasteiger partial charge in [0.25, 0.3) is 0 Å². The zero-order valence-corrected chi connectivity index (χ0v) is 20.7. The van der Waals surface area contributed by atoms with Gasteiger partial charge in [-0.2, -0.15) is 5.10 Å². The molecule has 35 heavy (non-hydrogen) atoms. The molecule has 0 N–H and O–H groups in total. The fourth-order valence-electron chi connectivity index (χ4n) is 4.28. The van der Waals surface area contributed by atoms with Crippen LogP contribution in [0.1, 0.15) is 32.9 Å². The maximum Gasteiger partial charge on any atom is 0.410 e. The molecule has 1 aliphatic rings. The van der Waals surface area contributed by atoms with Gasteiger partial charge in [-0.25, -0.2) is 14.8 Å². The predicted molar refractivity (Wildman–Crippen MR) is 136 cm³/mol. The summed E-state index contributed by atoms with van der Waals surface area (Å²) in [6.45, 7) is 6.75. The molecule has 0 radical (unpaired) electrons. The number of benzene rings is 1. The van der Waals surface area contributed by atoms with Crippen LogP contribution in [0.3, 0.4) is 0 Å². The van der Waals surface area contributed by atoms with E-state index < -0.39 is 5.60 Å². The fraction of sp³-hybridized carbons (Fsp3) is 0.333. The van der Waals surface area contributed by atoms with Crippen LogP contribution in [0.4, 0.5) is 4.79 Å². The highest BCUT2D eigenvalue weighted by molar-refractivity contribution is 5.89. The molecular weight excluding hydrogens is 442 g/mol. The SMILES string of the molecule is COc1cc2nn(C)cc2cc1-c1ccc2nc(C3=CCN(C(=O)OC(C)(C)C)CC3)ccc2n1. The third-order valence-electron chi connectivity index (χ3n) is 5.95. The maximum absolute atomic E-state index is 12.3. The Hall–Kier alpha value is -3.94. The van der Waals surface area contributed by atoms with Gasteiger partial charge in [-0.05, 0) is 63.1 Å². The number of nitrogens with zero attached hydrogens (tertiary/aromatic N) is 5. The fourth-order valence-corrected chi connectivity index (χ4v) is 4.28. The molecule has 5 rings (SSSR count). The van der Waals surface area contributed by atoms with Crippen LogP contribution in [-0.2, 0) is 11.8 Å². The number of hydrogen-bond donors (Lipinski definition) is 0. The molecule has 4 aromatic rings. The molecule has 4 heterocycles. The first-order valence-electron chi connectivity index (χ1n) is 11.7. The largest absolute Gasteiger partial charge is 0.496 e. The number of carbonyl (C=O) groups excluding carboxylic acids is 1. The van der Waals surface area contributed by atoms with Gasteiger partial charge in [0, 0.05) is 43.4 Å². The molecule has 0 aliphatic carbocycles. The van der Waals surface area contributed by atoms with Crippen molar-refractivity contribution in [2.75, 3.05) is 20.2 Å². The highest BCUT2D eigenvalue weighted by Crippen LogP contribution is 2.34. The molecule has 3 aromatic heterocycles. The number of methoxy groups -OCH3 is 1. The van der Waals surface area contributed by atoms with Crippen LogP contribution in [0.25, 0.3) is 38.8 Å². The second-order valence-corrected chi connectivity index (χ2v) is 9.75. The van der Waals surface area contributed by atoms with Crippen LogP contribution in [0.15, 0.2) is 48.7 Å². The molecule has 1 aromatic carbocycles. The van der Waals surface area contributed by atoms with Crippen LogP contribution < -0.4 is 4.74 Å². The number of aryl methyl sites for hydroxylation is 1. The summed E-state index contributed by atoms with van der Waals surface area (Å²) < 4.78 is 12.9. The Bertz CT molecular complexity index is 1470. The normalized spacial score (nSPS) is 14.3. The first-order valence-corrected chi connectivity index (χ1v) is 11.7. The van der Waals surface area contributed by atoms with Gasteiger partial charge < -0.3 is 14.4 Å². The number of ether oxygens (including phenoxy) is 2. The summed E-state index contributed by atoms with van der Waals surface area (Å²) in [5, 5.41) is 5.49. The van der Waals surface area contributed by atoms with Gasteiger partial charge in [0.15, 0.2) is 0 Å². The molecule has 0 spiro atoms. The molecule has 0 bridgehead atoms. The lowest BCUT2D eigenvalue weighted by atomic mass is 10.0. The van der Waals surface area contributed by atoms with Crippen molar-refractivity contribution < 1.29 is 14.3 Å². The second-order valence-electron chi connectivity index (χ2n) is 9.75. The van der Waals surface area contributed by atoms with Gasteiger partial charge in [0.05, 0.1) is 35.0 Å². The van der Waals surface area contributed by atoms with Gasteiger partial charge in [0.2, 0.25) is 0 Å². The second kappa shape index (κ2) is 8.69. The van der Waals surface area contributed by atoms with E-state index in [0.717, 1.165) is 56.6 Å². The summed E-state index contributed by atoms with van der Waals surface area (Å²) >= 11 is 0. The van der Waals surface area contributed by atoms with E-state index in [1.807, 2.05) is 64.3 Å². The van der Waals surface area contributed by atoms with E-state index in [1.54, 1.807) is 16.7 Å². The number of rotatable bonds is 3. The molecule has 0 saturated carbocycles. The van der Waals surface area contributed by atoms with E-state index >= 15 is 0 Å². The molecule has 180 valence electrons. The molecule has 0 saturated heterocycles. The van der Waals surface area contributed by atoms with Crippen molar-refractivity contribution in [2.45, 2.75) is 32.8 Å². The number of aromatic nitrogens is 4. The van der Waals surface area contributed by atoms with Gasteiger partial charge in [-0.1, -0.05) is 6.08 Å². The summed E-state index contributed by atoms with van der Waals surface area (Å²) in [7, 11) is 3.56. The summed E-state index contributed by atoms with van der Waals surface area (Å²) in [5.74, 6) is 0.731. The monoisotopic (exact) mass is 471 g/mol. The van der Waals surface area contributed by atoms with E-state index in [4.69, 9.17) is 19.4 Å². The minimum Gasteiger partial charge on any atom is -0.496 e. The molecule has 1 amide bonds. The third-order valence-corrected chi connectivity index (χ3v) is 5.95. The van der Waals surface area contributed by atoms with Gasteiger partial charge in [-0.15, -0.1) is 0 Å². The average molecular weight is 472 g/mol. The topological polar surface area (TPSA) is 82.4 Å². The Kier molecular flexibility index (Phi) is 5.67. The van der Waals surface area contributed by atoms with Crippen LogP contribution >= 0.6 is 0 Å². The van der Waals surface area contributed by atoms with E-state index in [9.17, 15) is 4.79 Å². The smallest absolute Gasteiger partial charge is 0.410 e. The average Bonchev–Trinajstić information content (AvgIpc) is 3.20. The molecular formula is C27H29N5O3. The number of amides is 1. The van der Waals surface area contributed by atoms with Crippen molar-refractivity contribution >= 4 is 33.6 Å². The highest BCUT2D eigenvalue weighted by Gasteiger charge is 2.24. The van der Waals surface area contributed by atoms with Gasteiger partial charge >= 0.3 is 6.09 Å². The zero-order valence-electron chi connectivity index (χ0n) is 20.7. The van der Waals surface area contributed by atoms with Crippen LogP contribution in [0.2, 0.25) is 0 Å². The van der Waals surface area contributed by atoms with Crippen molar-refractivity contribution in [3.63, 3.8) is 0 Å². The minimum absolute atomic E-state index is 0.282. The van der Waals surface area contributed by atoms with Crippen molar-refractivity contribution in [3.05, 3.63) is 54.4 Å².